The SMILES string of the molecule is Cc1sc2ncnc(OCc3c(Cl)cccc3Cl)c2c1C. The minimum Gasteiger partial charge on any atom is -0.472 e. The monoisotopic (exact) mass is 338 g/mol. The molecule has 0 saturated heterocycles. The quantitative estimate of drug-likeness (QED) is 0.658. The third-order valence-corrected chi connectivity index (χ3v) is 5.17. The van der Waals surface area contributed by atoms with Gasteiger partial charge in [-0.25, -0.2) is 9.97 Å². The van der Waals surface area contributed by atoms with Crippen molar-refractivity contribution in [3.8, 4) is 5.88 Å². The van der Waals surface area contributed by atoms with Crippen LogP contribution in [0.25, 0.3) is 10.2 Å². The Morgan fingerprint density at radius 2 is 1.86 bits per heavy atom. The summed E-state index contributed by atoms with van der Waals surface area (Å²) < 4.78 is 5.85. The van der Waals surface area contributed by atoms with Crippen molar-refractivity contribution >= 4 is 44.8 Å². The Hall–Kier alpha value is -1.36. The van der Waals surface area contributed by atoms with E-state index in [4.69, 9.17) is 27.9 Å². The van der Waals surface area contributed by atoms with Crippen molar-refractivity contribution in [1.29, 1.82) is 0 Å². The van der Waals surface area contributed by atoms with E-state index < -0.39 is 0 Å². The molecule has 3 aromatic rings. The Morgan fingerprint density at radius 1 is 1.14 bits per heavy atom. The van der Waals surface area contributed by atoms with Crippen molar-refractivity contribution in [2.45, 2.75) is 20.5 Å². The average molecular weight is 339 g/mol. The van der Waals surface area contributed by atoms with E-state index in [-0.39, 0.29) is 6.61 Å². The zero-order chi connectivity index (χ0) is 15.0. The number of aromatic nitrogens is 2. The van der Waals surface area contributed by atoms with Gasteiger partial charge in [0, 0.05) is 20.5 Å². The predicted octanol–water partition coefficient (Wildman–Crippen LogP) is 5.19. The summed E-state index contributed by atoms with van der Waals surface area (Å²) in [7, 11) is 0. The number of thiophene rings is 1. The van der Waals surface area contributed by atoms with Gasteiger partial charge in [0.05, 0.1) is 5.39 Å². The van der Waals surface area contributed by atoms with Gasteiger partial charge in [0.2, 0.25) is 5.88 Å². The van der Waals surface area contributed by atoms with E-state index in [9.17, 15) is 0 Å². The van der Waals surface area contributed by atoms with Gasteiger partial charge < -0.3 is 4.74 Å². The maximum Gasteiger partial charge on any atom is 0.225 e. The molecule has 1 aromatic carbocycles. The van der Waals surface area contributed by atoms with E-state index in [1.54, 1.807) is 23.5 Å². The molecule has 3 rings (SSSR count). The van der Waals surface area contributed by atoms with Gasteiger partial charge in [0.15, 0.2) is 0 Å². The van der Waals surface area contributed by atoms with E-state index in [1.165, 1.54) is 11.2 Å². The number of aryl methyl sites for hydroxylation is 2. The molecule has 0 unspecified atom stereocenters. The first-order chi connectivity index (χ1) is 10.1. The summed E-state index contributed by atoms with van der Waals surface area (Å²) in [5.74, 6) is 0.567. The van der Waals surface area contributed by atoms with Crippen LogP contribution in [0.4, 0.5) is 0 Å². The molecule has 0 N–H and O–H groups in total. The van der Waals surface area contributed by atoms with Crippen LogP contribution < -0.4 is 4.74 Å². The summed E-state index contributed by atoms with van der Waals surface area (Å²) in [4.78, 5) is 10.7. The van der Waals surface area contributed by atoms with Crippen molar-refractivity contribution in [1.82, 2.24) is 9.97 Å². The Labute approximate surface area is 136 Å². The Morgan fingerprint density at radius 3 is 2.57 bits per heavy atom. The lowest BCUT2D eigenvalue weighted by Crippen LogP contribution is -2.00. The summed E-state index contributed by atoms with van der Waals surface area (Å²) in [6.45, 7) is 4.39. The highest BCUT2D eigenvalue weighted by Crippen LogP contribution is 2.34. The van der Waals surface area contributed by atoms with Gasteiger partial charge in [0.25, 0.3) is 0 Å². The molecule has 0 aliphatic rings. The second-order valence-electron chi connectivity index (χ2n) is 4.63. The average Bonchev–Trinajstić information content (AvgIpc) is 2.74. The third kappa shape index (κ3) is 2.71. The van der Waals surface area contributed by atoms with Gasteiger partial charge in [-0.2, -0.15) is 0 Å². The molecule has 0 amide bonds. The topological polar surface area (TPSA) is 35.0 Å². The minimum atomic E-state index is 0.277. The first-order valence-electron chi connectivity index (χ1n) is 6.34. The first-order valence-corrected chi connectivity index (χ1v) is 7.91. The molecule has 0 bridgehead atoms. The van der Waals surface area contributed by atoms with Crippen LogP contribution in [0.5, 0.6) is 5.88 Å². The minimum absolute atomic E-state index is 0.277. The van der Waals surface area contributed by atoms with Gasteiger partial charge in [-0.1, -0.05) is 29.3 Å². The number of hydrogen-bond donors (Lipinski definition) is 0. The molecule has 0 spiro atoms. The number of rotatable bonds is 3. The smallest absolute Gasteiger partial charge is 0.225 e. The Balaban J connectivity index is 1.96. The number of hydrogen-bond acceptors (Lipinski definition) is 4. The number of nitrogens with zero attached hydrogens (tertiary/aromatic N) is 2. The highest BCUT2D eigenvalue weighted by Gasteiger charge is 2.14. The molecule has 6 heteroatoms. The van der Waals surface area contributed by atoms with Gasteiger partial charge in [0.1, 0.15) is 17.8 Å². The van der Waals surface area contributed by atoms with Crippen LogP contribution in [0, 0.1) is 13.8 Å². The molecular formula is C15H12Cl2N2OS. The third-order valence-electron chi connectivity index (χ3n) is 3.35. The zero-order valence-electron chi connectivity index (χ0n) is 11.5. The molecule has 0 atom stereocenters. The predicted molar refractivity (Wildman–Crippen MR) is 87.7 cm³/mol. The van der Waals surface area contributed by atoms with Crippen LogP contribution in [0.15, 0.2) is 24.5 Å². The Bertz CT molecular complexity index is 797. The molecule has 0 saturated carbocycles. The summed E-state index contributed by atoms with van der Waals surface area (Å²) in [5, 5.41) is 2.14. The van der Waals surface area contributed by atoms with Crippen LogP contribution in [-0.2, 0) is 6.61 Å². The fraction of sp³-hybridized carbons (Fsp3) is 0.200. The molecule has 108 valence electrons. The number of benzene rings is 1. The maximum absolute atomic E-state index is 6.15. The van der Waals surface area contributed by atoms with Crippen molar-refractivity contribution in [2.75, 3.05) is 0 Å². The summed E-state index contributed by atoms with van der Waals surface area (Å²) in [6, 6.07) is 5.40. The zero-order valence-corrected chi connectivity index (χ0v) is 13.8. The molecular weight excluding hydrogens is 327 g/mol. The molecule has 0 fully saturated rings. The van der Waals surface area contributed by atoms with Crippen LogP contribution in [0.1, 0.15) is 16.0 Å². The van der Waals surface area contributed by atoms with Crippen LogP contribution in [0.2, 0.25) is 10.0 Å². The summed E-state index contributed by atoms with van der Waals surface area (Å²) in [5.41, 5.74) is 1.91. The fourth-order valence-electron chi connectivity index (χ4n) is 2.07. The first kappa shape index (κ1) is 14.6. The molecule has 0 aliphatic heterocycles. The highest BCUT2D eigenvalue weighted by molar-refractivity contribution is 7.18. The molecule has 2 heterocycles. The van der Waals surface area contributed by atoms with Crippen molar-refractivity contribution in [3.05, 3.63) is 50.6 Å². The number of ether oxygens (including phenoxy) is 1. The second kappa shape index (κ2) is 5.79. The molecule has 2 aromatic heterocycles. The number of halogens is 2. The van der Waals surface area contributed by atoms with Gasteiger partial charge >= 0.3 is 0 Å². The summed E-state index contributed by atoms with van der Waals surface area (Å²) >= 11 is 13.9. The van der Waals surface area contributed by atoms with Crippen LogP contribution in [0.3, 0.4) is 0 Å². The van der Waals surface area contributed by atoms with E-state index in [0.29, 0.717) is 15.9 Å². The lowest BCUT2D eigenvalue weighted by molar-refractivity contribution is 0.298. The molecule has 0 radical (unpaired) electrons. The molecule has 21 heavy (non-hydrogen) atoms. The molecule has 0 aliphatic carbocycles. The van der Waals surface area contributed by atoms with Gasteiger partial charge in [-0.05, 0) is 31.5 Å². The normalized spacial score (nSPS) is 11.0. The standard InChI is InChI=1S/C15H12Cl2N2OS/c1-8-9(2)21-15-13(8)14(18-7-19-15)20-6-10-11(16)4-3-5-12(10)17/h3-5,7H,6H2,1-2H3. The van der Waals surface area contributed by atoms with Crippen molar-refractivity contribution < 1.29 is 4.74 Å². The van der Waals surface area contributed by atoms with E-state index in [2.05, 4.69) is 16.9 Å². The number of fused-ring (bicyclic) bond motifs is 1. The molecule has 3 nitrogen and oxygen atoms in total. The van der Waals surface area contributed by atoms with Crippen LogP contribution >= 0.6 is 34.5 Å². The second-order valence-corrected chi connectivity index (χ2v) is 6.65. The lowest BCUT2D eigenvalue weighted by atomic mass is 10.2. The van der Waals surface area contributed by atoms with E-state index >= 15 is 0 Å². The Kier molecular flexibility index (Phi) is 4.02. The van der Waals surface area contributed by atoms with Gasteiger partial charge in [-0.3, -0.25) is 0 Å². The van der Waals surface area contributed by atoms with E-state index in [1.807, 2.05) is 13.0 Å². The van der Waals surface area contributed by atoms with E-state index in [0.717, 1.165) is 21.3 Å². The summed E-state index contributed by atoms with van der Waals surface area (Å²) in [6.07, 6.45) is 1.52. The van der Waals surface area contributed by atoms with Crippen LogP contribution in [-0.4, -0.2) is 9.97 Å². The van der Waals surface area contributed by atoms with Crippen molar-refractivity contribution in [2.24, 2.45) is 0 Å². The largest absolute Gasteiger partial charge is 0.472 e. The van der Waals surface area contributed by atoms with Crippen molar-refractivity contribution in [3.63, 3.8) is 0 Å². The fourth-order valence-corrected chi connectivity index (χ4v) is 3.56. The van der Waals surface area contributed by atoms with Gasteiger partial charge in [-0.15, -0.1) is 11.3 Å². The highest BCUT2D eigenvalue weighted by atomic mass is 35.5. The lowest BCUT2D eigenvalue weighted by Gasteiger charge is -2.09. The maximum atomic E-state index is 6.15.